The zero-order valence-electron chi connectivity index (χ0n) is 63.3. The molecule has 6 fully saturated rings. The van der Waals surface area contributed by atoms with Crippen molar-refractivity contribution in [2.24, 2.45) is 35.5 Å². The van der Waals surface area contributed by atoms with Gasteiger partial charge in [-0.05, 0) is 138 Å². The summed E-state index contributed by atoms with van der Waals surface area (Å²) in [5, 5.41) is 6.18. The van der Waals surface area contributed by atoms with Crippen LogP contribution in [-0.4, -0.2) is 221 Å². The first-order valence-electron chi connectivity index (χ1n) is 34.8. The SMILES string of the molecule is CS(=O)(=O)c1ccc(N)c(F)c1.Cc1c(Cl)ncnc1OC1C2COCC1CN(C(=O)OC(C)(C)C)C2.Cc1c(Nc2ccc(S(C)(=O)=O)cc2F)ncnc1OC1C2COCC1CN(C(=O)OC(C)(C)C)C2.Cc1c(Nc2ccc(S(C)(=O)=O)cc2F)ncnc1OC1C2COCC1CN(C(=O)OC(C)(C)C)C2. The van der Waals surface area contributed by atoms with Crippen LogP contribution in [0.2, 0.25) is 5.15 Å². The number of hydrogen-bond donors (Lipinski definition) is 3. The number of carbonyl (C=O) groups is 3. The molecule has 0 radical (unpaired) electrons. The highest BCUT2D eigenvalue weighted by Crippen LogP contribution is 2.39. The highest BCUT2D eigenvalue weighted by Gasteiger charge is 2.48. The van der Waals surface area contributed by atoms with Crippen LogP contribution in [-0.2, 0) is 57.9 Å². The van der Waals surface area contributed by atoms with Crippen molar-refractivity contribution in [2.45, 2.75) is 133 Å². The van der Waals surface area contributed by atoms with Gasteiger partial charge in [-0.2, -0.15) is 0 Å². The molecule has 0 aliphatic carbocycles. The molecule has 9 heterocycles. The first-order valence-corrected chi connectivity index (χ1v) is 40.9. The Labute approximate surface area is 637 Å². The molecule has 6 aliphatic rings. The van der Waals surface area contributed by atoms with Gasteiger partial charge in [0.05, 0.1) is 82.5 Å². The van der Waals surface area contributed by atoms with Crippen LogP contribution in [0.3, 0.4) is 0 Å². The molecule has 109 heavy (non-hydrogen) atoms. The van der Waals surface area contributed by atoms with E-state index >= 15 is 0 Å². The van der Waals surface area contributed by atoms with E-state index in [-0.39, 0.29) is 104 Å². The maximum absolute atomic E-state index is 14.6. The number of halogens is 4. The minimum absolute atomic E-state index is 0.0533. The zero-order valence-corrected chi connectivity index (χ0v) is 66.5. The third-order valence-electron chi connectivity index (χ3n) is 17.9. The lowest BCUT2D eigenvalue weighted by Crippen LogP contribution is -2.59. The summed E-state index contributed by atoms with van der Waals surface area (Å²) in [6, 6.07) is 10.7. The fourth-order valence-corrected chi connectivity index (χ4v) is 14.7. The number of anilines is 5. The van der Waals surface area contributed by atoms with Crippen LogP contribution >= 0.6 is 11.6 Å². The lowest BCUT2D eigenvalue weighted by atomic mass is 9.84. The minimum Gasteiger partial charge on any atom is -0.473 e. The zero-order chi connectivity index (χ0) is 80.0. The van der Waals surface area contributed by atoms with Gasteiger partial charge in [0.15, 0.2) is 29.5 Å². The third kappa shape index (κ3) is 22.8. The molecular formula is C72H94ClF3N12O18S3. The number of likely N-dealkylation sites (tertiary alicyclic amines) is 3. The number of benzene rings is 3. The van der Waals surface area contributed by atoms with Gasteiger partial charge in [0.2, 0.25) is 17.6 Å². The van der Waals surface area contributed by atoms with E-state index in [0.717, 1.165) is 42.5 Å². The van der Waals surface area contributed by atoms with E-state index in [1.54, 1.807) is 28.5 Å². The minimum atomic E-state index is -3.53. The van der Waals surface area contributed by atoms with Crippen molar-refractivity contribution in [1.82, 2.24) is 44.6 Å². The Hall–Kier alpha value is -8.68. The van der Waals surface area contributed by atoms with Crippen LogP contribution in [0.4, 0.5) is 56.3 Å². The van der Waals surface area contributed by atoms with Crippen molar-refractivity contribution in [3.05, 3.63) is 113 Å². The highest BCUT2D eigenvalue weighted by atomic mass is 35.5. The molecule has 0 saturated carbocycles. The maximum Gasteiger partial charge on any atom is 0.410 e. The van der Waals surface area contributed by atoms with Gasteiger partial charge >= 0.3 is 18.3 Å². The van der Waals surface area contributed by atoms with Gasteiger partial charge in [0.1, 0.15) is 88.3 Å². The molecule has 3 aromatic carbocycles. The first kappa shape index (κ1) is 84.3. The molecule has 6 unspecified atom stereocenters. The average molecular weight is 1600 g/mol. The highest BCUT2D eigenvalue weighted by molar-refractivity contribution is 7.91. The van der Waals surface area contributed by atoms with Crippen LogP contribution in [0.5, 0.6) is 17.6 Å². The number of carbonyl (C=O) groups excluding carboxylic acids is 3. The Bertz CT molecular complexity index is 4420. The maximum atomic E-state index is 14.6. The number of nitrogens with two attached hydrogens (primary N) is 1. The number of fused-ring (bicyclic) bond motifs is 6. The summed E-state index contributed by atoms with van der Waals surface area (Å²) in [5.41, 5.74) is 5.44. The molecule has 37 heteroatoms. The predicted octanol–water partition coefficient (Wildman–Crippen LogP) is 10.2. The van der Waals surface area contributed by atoms with Crippen molar-refractivity contribution in [1.29, 1.82) is 0 Å². The van der Waals surface area contributed by atoms with Gasteiger partial charge in [-0.25, -0.2) is 82.7 Å². The van der Waals surface area contributed by atoms with Gasteiger partial charge < -0.3 is 73.7 Å². The van der Waals surface area contributed by atoms with Gasteiger partial charge in [-0.3, -0.25) is 0 Å². The monoisotopic (exact) mass is 1600 g/mol. The van der Waals surface area contributed by atoms with Gasteiger partial charge in [-0.15, -0.1) is 0 Å². The summed E-state index contributed by atoms with van der Waals surface area (Å²) in [4.78, 5) is 67.6. The Morgan fingerprint density at radius 2 is 0.725 bits per heavy atom. The predicted molar refractivity (Wildman–Crippen MR) is 395 cm³/mol. The average Bonchev–Trinajstić information content (AvgIpc) is 0.793. The quantitative estimate of drug-likeness (QED) is 0.0549. The summed E-state index contributed by atoms with van der Waals surface area (Å²) in [7, 11) is -10.4. The summed E-state index contributed by atoms with van der Waals surface area (Å²) in [6.45, 7) is 27.6. The number of aromatic nitrogens is 6. The Balaban J connectivity index is 0.000000177. The summed E-state index contributed by atoms with van der Waals surface area (Å²) in [6.07, 6.45) is 5.54. The number of nitrogen functional groups attached to an aromatic ring is 1. The fourth-order valence-electron chi connectivity index (χ4n) is 12.6. The molecule has 30 nitrogen and oxygen atoms in total. The topological polar surface area (TPSA) is 374 Å². The van der Waals surface area contributed by atoms with Crippen molar-refractivity contribution < 1.29 is 95.4 Å². The third-order valence-corrected chi connectivity index (χ3v) is 21.6. The van der Waals surface area contributed by atoms with E-state index in [0.29, 0.717) is 124 Å². The number of piperidine rings is 3. The second kappa shape index (κ2) is 34.3. The number of nitrogens with zero attached hydrogens (tertiary/aromatic N) is 9. The van der Waals surface area contributed by atoms with Gasteiger partial charge in [-0.1, -0.05) is 11.6 Å². The van der Waals surface area contributed by atoms with Crippen molar-refractivity contribution >= 4 is 88.1 Å². The van der Waals surface area contributed by atoms with E-state index in [1.165, 1.54) is 55.4 Å². The molecule has 6 atom stereocenters. The fraction of sp³-hybridized carbons (Fsp3) is 0.542. The Morgan fingerprint density at radius 3 is 1.00 bits per heavy atom. The normalized spacial score (nSPS) is 21.9. The molecule has 12 rings (SSSR count). The van der Waals surface area contributed by atoms with E-state index in [9.17, 15) is 52.8 Å². The van der Waals surface area contributed by atoms with Gasteiger partial charge in [0.25, 0.3) is 0 Å². The molecule has 596 valence electrons. The number of nitrogens with one attached hydrogen (secondary N) is 2. The van der Waals surface area contributed by atoms with Crippen molar-refractivity contribution in [2.75, 3.05) is 114 Å². The number of amides is 3. The van der Waals surface area contributed by atoms with Crippen LogP contribution in [0.15, 0.2) is 88.3 Å². The Kier molecular flexibility index (Phi) is 26.5. The lowest BCUT2D eigenvalue weighted by molar-refractivity contribution is -0.113. The molecule has 3 amide bonds. The number of ether oxygens (including phenoxy) is 9. The van der Waals surface area contributed by atoms with E-state index in [1.807, 2.05) is 69.2 Å². The second-order valence-corrected chi connectivity index (χ2v) is 36.9. The standard InChI is InChI=1S/2C24H31FN4O6S.C17H24ClN3O4.C7H8FNO2S/c2*1-14-21(28-19-7-6-17(8-18(19)25)36(5,31)32)26-13-27-22(14)34-20-15-9-29(10-16(20)12-33-11-15)23(30)35-24(2,3)4;1-10-14(18)19-9-20-15(10)24-13-11-5-21(6-12(13)8-23-7-11)16(22)25-17(2,3)4;1-12(10,11)5-2-3-7(9)6(8)4-5/h2*6-8,13,15-16,20H,9-12H2,1-5H3,(H,26,27,28);9,11-13H,5-8H2,1-4H3;2-4H,9H2,1H3. The number of sulfone groups is 3. The van der Waals surface area contributed by atoms with Crippen molar-refractivity contribution in [3.8, 4) is 17.6 Å². The second-order valence-electron chi connectivity index (χ2n) is 30.5. The molecular weight excluding hydrogens is 1510 g/mol. The molecule has 6 saturated heterocycles. The number of hydrogen-bond acceptors (Lipinski definition) is 27. The number of rotatable bonds is 13. The molecule has 6 aliphatic heterocycles. The molecule has 3 aromatic heterocycles. The van der Waals surface area contributed by atoms with E-state index < -0.39 is 63.8 Å². The van der Waals surface area contributed by atoms with Crippen LogP contribution in [0.25, 0.3) is 0 Å². The summed E-state index contributed by atoms with van der Waals surface area (Å²) in [5.74, 6) is -0.480. The summed E-state index contributed by atoms with van der Waals surface area (Å²) < 4.78 is 163. The van der Waals surface area contributed by atoms with Crippen LogP contribution in [0, 0.1) is 73.7 Å². The lowest BCUT2D eigenvalue weighted by Gasteiger charge is -2.46. The largest absolute Gasteiger partial charge is 0.473 e. The van der Waals surface area contributed by atoms with Gasteiger partial charge in [0, 0.05) is 99.1 Å². The van der Waals surface area contributed by atoms with Crippen molar-refractivity contribution in [3.63, 3.8) is 0 Å². The van der Waals surface area contributed by atoms with E-state index in [4.69, 9.17) is 60.0 Å². The Morgan fingerprint density at radius 1 is 0.450 bits per heavy atom. The molecule has 6 bridgehead atoms. The van der Waals surface area contributed by atoms with Crippen LogP contribution in [0.1, 0.15) is 79.0 Å². The van der Waals surface area contributed by atoms with E-state index in [2.05, 4.69) is 40.5 Å². The van der Waals surface area contributed by atoms with Crippen LogP contribution < -0.4 is 30.6 Å². The summed E-state index contributed by atoms with van der Waals surface area (Å²) >= 11 is 6.05. The first-order chi connectivity index (χ1) is 50.8. The molecule has 6 aromatic rings. The molecule has 4 N–H and O–H groups in total. The molecule has 0 spiro atoms. The smallest absolute Gasteiger partial charge is 0.410 e.